The van der Waals surface area contributed by atoms with Crippen LogP contribution < -0.4 is 10.2 Å². The van der Waals surface area contributed by atoms with Gasteiger partial charge in [-0.2, -0.15) is 0 Å². The van der Waals surface area contributed by atoms with Gasteiger partial charge in [0.2, 0.25) is 11.8 Å². The van der Waals surface area contributed by atoms with Crippen LogP contribution in [0.15, 0.2) is 18.2 Å². The van der Waals surface area contributed by atoms with E-state index in [-0.39, 0.29) is 30.1 Å². The van der Waals surface area contributed by atoms with Crippen LogP contribution in [0.5, 0.6) is 0 Å². The van der Waals surface area contributed by atoms with Gasteiger partial charge in [-0.25, -0.2) is 0 Å². The average Bonchev–Trinajstić information content (AvgIpc) is 2.88. The van der Waals surface area contributed by atoms with Gasteiger partial charge < -0.3 is 14.5 Å². The van der Waals surface area contributed by atoms with Crippen molar-refractivity contribution in [3.63, 3.8) is 0 Å². The van der Waals surface area contributed by atoms with Gasteiger partial charge in [-0.05, 0) is 51.0 Å². The largest absolute Gasteiger partial charge is 0.460 e. The summed E-state index contributed by atoms with van der Waals surface area (Å²) in [6.07, 6.45) is 0.586. The third kappa shape index (κ3) is 3.71. The summed E-state index contributed by atoms with van der Waals surface area (Å²) in [6.45, 7) is 7.07. The third-order valence-corrected chi connectivity index (χ3v) is 5.49. The third-order valence-electron chi connectivity index (χ3n) is 5.49. The number of benzene rings is 1. The minimum Gasteiger partial charge on any atom is -0.460 e. The molecule has 1 atom stereocenters. The maximum absolute atomic E-state index is 12.7. The van der Waals surface area contributed by atoms with Gasteiger partial charge in [0.25, 0.3) is 5.91 Å². The van der Waals surface area contributed by atoms with Crippen LogP contribution in [-0.2, 0) is 25.7 Å². The number of ether oxygens (including phenoxy) is 1. The fourth-order valence-corrected chi connectivity index (χ4v) is 3.98. The van der Waals surface area contributed by atoms with E-state index < -0.39 is 17.6 Å². The minimum atomic E-state index is -0.614. The summed E-state index contributed by atoms with van der Waals surface area (Å²) in [4.78, 5) is 52.0. The van der Waals surface area contributed by atoms with Gasteiger partial charge in [0, 0.05) is 37.3 Å². The number of anilines is 1. The zero-order valence-corrected chi connectivity index (χ0v) is 16.9. The number of amides is 3. The van der Waals surface area contributed by atoms with E-state index in [1.165, 1.54) is 4.90 Å². The fourth-order valence-electron chi connectivity index (χ4n) is 3.98. The highest BCUT2D eigenvalue weighted by atomic mass is 16.6. The van der Waals surface area contributed by atoms with E-state index in [1.807, 2.05) is 32.9 Å². The first kappa shape index (κ1) is 19.4. The Morgan fingerprint density at radius 2 is 1.90 bits per heavy atom. The number of imide groups is 1. The first-order chi connectivity index (χ1) is 13.6. The van der Waals surface area contributed by atoms with Gasteiger partial charge in [-0.15, -0.1) is 0 Å². The molecular weight excluding hydrogens is 374 g/mol. The Balaban J connectivity index is 1.42. The Labute approximate surface area is 169 Å². The van der Waals surface area contributed by atoms with E-state index in [0.717, 1.165) is 11.3 Å². The molecule has 3 aliphatic heterocycles. The van der Waals surface area contributed by atoms with Crippen molar-refractivity contribution >= 4 is 29.4 Å². The summed E-state index contributed by atoms with van der Waals surface area (Å²) < 4.78 is 5.43. The standard InChI is InChI=1S/C21H25N3O5/c1-21(2,3)29-20(28)13-9-23(10-13)14-4-5-15-12(8-14)11-24(19(15)27)16-6-7-17(25)22-18(16)26/h4-5,8,13,16H,6-7,9-11H2,1-3H3,(H,22,25,26). The van der Waals surface area contributed by atoms with Crippen LogP contribution in [0.4, 0.5) is 5.69 Å². The van der Waals surface area contributed by atoms with Crippen LogP contribution in [0.25, 0.3) is 0 Å². The lowest BCUT2D eigenvalue weighted by Crippen LogP contribution is -2.52. The van der Waals surface area contributed by atoms with Crippen LogP contribution >= 0.6 is 0 Å². The predicted octanol–water partition coefficient (Wildman–Crippen LogP) is 1.23. The first-order valence-electron chi connectivity index (χ1n) is 9.88. The topological polar surface area (TPSA) is 96.0 Å². The Bertz CT molecular complexity index is 898. The number of rotatable bonds is 3. The van der Waals surface area contributed by atoms with Crippen molar-refractivity contribution in [2.24, 2.45) is 5.92 Å². The van der Waals surface area contributed by atoms with Crippen LogP contribution in [-0.4, -0.2) is 53.3 Å². The minimum absolute atomic E-state index is 0.149. The molecule has 3 aliphatic rings. The lowest BCUT2D eigenvalue weighted by molar-refractivity contribution is -0.160. The number of piperidine rings is 1. The van der Waals surface area contributed by atoms with Gasteiger partial charge in [0.15, 0.2) is 0 Å². The number of nitrogens with zero attached hydrogens (tertiary/aromatic N) is 2. The van der Waals surface area contributed by atoms with E-state index in [4.69, 9.17) is 4.74 Å². The molecule has 1 unspecified atom stereocenters. The summed E-state index contributed by atoms with van der Waals surface area (Å²) in [5.41, 5.74) is 1.90. The van der Waals surface area contributed by atoms with E-state index >= 15 is 0 Å². The van der Waals surface area contributed by atoms with Crippen LogP contribution in [0.3, 0.4) is 0 Å². The van der Waals surface area contributed by atoms with Crippen molar-refractivity contribution in [1.29, 1.82) is 0 Å². The molecule has 1 N–H and O–H groups in total. The highest BCUT2D eigenvalue weighted by Gasteiger charge is 2.40. The first-order valence-corrected chi connectivity index (χ1v) is 9.88. The normalized spacial score (nSPS) is 22.3. The molecule has 8 heteroatoms. The number of nitrogens with one attached hydrogen (secondary N) is 1. The molecule has 0 saturated carbocycles. The fraction of sp³-hybridized carbons (Fsp3) is 0.524. The van der Waals surface area contributed by atoms with Gasteiger partial charge in [-0.3, -0.25) is 24.5 Å². The van der Waals surface area contributed by atoms with Crippen molar-refractivity contribution < 1.29 is 23.9 Å². The van der Waals surface area contributed by atoms with Crippen LogP contribution in [0.2, 0.25) is 0 Å². The molecule has 0 radical (unpaired) electrons. The van der Waals surface area contributed by atoms with Gasteiger partial charge in [0.05, 0.1) is 5.92 Å². The van der Waals surface area contributed by atoms with E-state index in [0.29, 0.717) is 31.6 Å². The van der Waals surface area contributed by atoms with Gasteiger partial charge in [-0.1, -0.05) is 0 Å². The second-order valence-corrected chi connectivity index (χ2v) is 8.88. The molecule has 0 aliphatic carbocycles. The second-order valence-electron chi connectivity index (χ2n) is 8.88. The van der Waals surface area contributed by atoms with E-state index in [1.54, 1.807) is 6.07 Å². The molecule has 4 rings (SSSR count). The number of hydrogen-bond donors (Lipinski definition) is 1. The van der Waals surface area contributed by atoms with E-state index in [9.17, 15) is 19.2 Å². The molecule has 2 fully saturated rings. The zero-order chi connectivity index (χ0) is 20.9. The Kier molecular flexibility index (Phi) is 4.59. The van der Waals surface area contributed by atoms with Crippen molar-refractivity contribution in [2.45, 2.75) is 51.8 Å². The Morgan fingerprint density at radius 1 is 1.17 bits per heavy atom. The van der Waals surface area contributed by atoms with E-state index in [2.05, 4.69) is 10.2 Å². The van der Waals surface area contributed by atoms with Crippen LogP contribution in [0, 0.1) is 5.92 Å². The van der Waals surface area contributed by atoms with Crippen molar-refractivity contribution in [1.82, 2.24) is 10.2 Å². The molecular formula is C21H25N3O5. The van der Waals surface area contributed by atoms with Crippen molar-refractivity contribution in [3.05, 3.63) is 29.3 Å². The number of fused-ring (bicyclic) bond motifs is 1. The molecule has 29 heavy (non-hydrogen) atoms. The summed E-state index contributed by atoms with van der Waals surface area (Å²) in [7, 11) is 0. The molecule has 0 aromatic heterocycles. The van der Waals surface area contributed by atoms with Crippen molar-refractivity contribution in [2.75, 3.05) is 18.0 Å². The smallest absolute Gasteiger partial charge is 0.313 e. The molecule has 1 aromatic rings. The molecule has 1 aromatic carbocycles. The highest BCUT2D eigenvalue weighted by Crippen LogP contribution is 2.33. The van der Waals surface area contributed by atoms with Gasteiger partial charge >= 0.3 is 5.97 Å². The molecule has 3 amide bonds. The summed E-state index contributed by atoms with van der Waals surface area (Å²) in [5.74, 6) is -1.23. The molecule has 154 valence electrons. The van der Waals surface area contributed by atoms with Crippen molar-refractivity contribution in [3.8, 4) is 0 Å². The molecule has 0 bridgehead atoms. The van der Waals surface area contributed by atoms with Gasteiger partial charge in [0.1, 0.15) is 11.6 Å². The lowest BCUT2D eigenvalue weighted by atomic mass is 9.98. The van der Waals surface area contributed by atoms with Crippen LogP contribution in [0.1, 0.15) is 49.5 Å². The SMILES string of the molecule is CC(C)(C)OC(=O)C1CN(c2ccc3c(c2)CN(C2CCC(=O)NC2=O)C3=O)C1. The molecule has 0 spiro atoms. The molecule has 2 saturated heterocycles. The lowest BCUT2D eigenvalue weighted by Gasteiger charge is -2.40. The maximum atomic E-state index is 12.7. The number of hydrogen-bond acceptors (Lipinski definition) is 6. The Hall–Kier alpha value is -2.90. The highest BCUT2D eigenvalue weighted by molar-refractivity contribution is 6.05. The number of carbonyl (C=O) groups excluding carboxylic acids is 4. The summed E-state index contributed by atoms with van der Waals surface area (Å²) >= 11 is 0. The zero-order valence-electron chi connectivity index (χ0n) is 16.9. The average molecular weight is 399 g/mol. The predicted molar refractivity (Wildman–Crippen MR) is 104 cm³/mol. The maximum Gasteiger partial charge on any atom is 0.313 e. The number of carbonyl (C=O) groups is 4. The molecule has 3 heterocycles. The number of esters is 1. The quantitative estimate of drug-likeness (QED) is 0.607. The summed E-state index contributed by atoms with van der Waals surface area (Å²) in [6, 6.07) is 4.98. The molecule has 8 nitrogen and oxygen atoms in total. The summed E-state index contributed by atoms with van der Waals surface area (Å²) in [5, 5.41) is 2.31. The monoisotopic (exact) mass is 399 g/mol. The Morgan fingerprint density at radius 3 is 2.55 bits per heavy atom. The second kappa shape index (κ2) is 6.86.